The molecule has 0 unspecified atom stereocenters. The zero-order valence-electron chi connectivity index (χ0n) is 12.4. The molecule has 7 nitrogen and oxygen atoms in total. The molecule has 118 valence electrons. The van der Waals surface area contributed by atoms with E-state index in [-0.39, 0.29) is 17.4 Å². The van der Waals surface area contributed by atoms with E-state index in [1.807, 2.05) is 31.2 Å². The van der Waals surface area contributed by atoms with E-state index in [4.69, 9.17) is 4.74 Å². The number of hydrogen-bond donors (Lipinski definition) is 1. The monoisotopic (exact) mass is 313 g/mol. The molecule has 1 amide bonds. The van der Waals surface area contributed by atoms with Gasteiger partial charge in [0.1, 0.15) is 17.8 Å². The molecule has 0 aliphatic carbocycles. The Hall–Kier alpha value is -3.22. The Balaban J connectivity index is 1.94. The molecule has 0 atom stereocenters. The average Bonchev–Trinajstić information content (AvgIpc) is 2.55. The first kappa shape index (κ1) is 16.2. The molecule has 0 radical (unpaired) electrons. The predicted octanol–water partition coefficient (Wildman–Crippen LogP) is 3.04. The summed E-state index contributed by atoms with van der Waals surface area (Å²) >= 11 is 0. The lowest BCUT2D eigenvalue weighted by Crippen LogP contribution is -2.09. The Bertz CT molecular complexity index is 709. The number of ether oxygens (including phenoxy) is 1. The largest absolute Gasteiger partial charge is 0.494 e. The highest BCUT2D eigenvalue weighted by Gasteiger charge is 2.06. The van der Waals surface area contributed by atoms with E-state index in [0.717, 1.165) is 17.5 Å². The number of rotatable bonds is 6. The Morgan fingerprint density at radius 1 is 1.30 bits per heavy atom. The number of carbonyl (C=O) groups is 1. The fraction of sp³-hybridized carbons (Fsp3) is 0.125. The molecular formula is C16H15N3O4. The van der Waals surface area contributed by atoms with Crippen molar-refractivity contribution >= 4 is 23.5 Å². The van der Waals surface area contributed by atoms with Crippen LogP contribution < -0.4 is 10.1 Å². The third-order valence-electron chi connectivity index (χ3n) is 2.83. The molecule has 2 rings (SSSR count). The number of nitrogens with zero attached hydrogens (tertiary/aromatic N) is 2. The van der Waals surface area contributed by atoms with E-state index >= 15 is 0 Å². The summed E-state index contributed by atoms with van der Waals surface area (Å²) in [5.74, 6) is 0.640. The van der Waals surface area contributed by atoms with Crippen LogP contribution in [0.5, 0.6) is 5.75 Å². The number of hydrogen-bond acceptors (Lipinski definition) is 5. The molecule has 1 aromatic carbocycles. The van der Waals surface area contributed by atoms with E-state index in [1.54, 1.807) is 6.08 Å². The van der Waals surface area contributed by atoms with Crippen molar-refractivity contribution in [2.75, 3.05) is 11.9 Å². The van der Waals surface area contributed by atoms with Gasteiger partial charge in [-0.1, -0.05) is 12.1 Å². The lowest BCUT2D eigenvalue weighted by atomic mass is 10.2. The third-order valence-corrected chi connectivity index (χ3v) is 2.83. The van der Waals surface area contributed by atoms with Gasteiger partial charge < -0.3 is 10.1 Å². The molecule has 7 heteroatoms. The van der Waals surface area contributed by atoms with Gasteiger partial charge in [-0.2, -0.15) is 0 Å². The average molecular weight is 313 g/mol. The highest BCUT2D eigenvalue weighted by molar-refractivity contribution is 6.01. The third kappa shape index (κ3) is 4.92. The Kier molecular flexibility index (Phi) is 5.40. The zero-order valence-corrected chi connectivity index (χ0v) is 12.4. The van der Waals surface area contributed by atoms with Crippen molar-refractivity contribution in [1.82, 2.24) is 4.98 Å². The van der Waals surface area contributed by atoms with Crippen LogP contribution in [0.25, 0.3) is 6.08 Å². The first-order valence-electron chi connectivity index (χ1n) is 6.91. The predicted molar refractivity (Wildman–Crippen MR) is 86.2 cm³/mol. The topological polar surface area (TPSA) is 94.4 Å². The lowest BCUT2D eigenvalue weighted by Gasteiger charge is -2.02. The van der Waals surface area contributed by atoms with Gasteiger partial charge in [0.05, 0.1) is 11.5 Å². The molecule has 0 saturated heterocycles. The zero-order chi connectivity index (χ0) is 16.7. The minimum Gasteiger partial charge on any atom is -0.494 e. The summed E-state index contributed by atoms with van der Waals surface area (Å²) in [5.41, 5.74) is 0.716. The molecule has 1 aromatic heterocycles. The standard InChI is InChI=1S/C16H15N3O4/c1-2-23-14-7-3-12(4-8-14)5-10-16(20)18-15-9-6-13(11-17-15)19(21)22/h3-11H,2H2,1H3,(H,17,18,20). The van der Waals surface area contributed by atoms with Crippen LogP contribution in [0.1, 0.15) is 12.5 Å². The number of benzene rings is 1. The number of nitrogens with one attached hydrogen (secondary N) is 1. The quantitative estimate of drug-likeness (QED) is 0.502. The number of aromatic nitrogens is 1. The van der Waals surface area contributed by atoms with Gasteiger partial charge >= 0.3 is 0 Å². The van der Waals surface area contributed by atoms with E-state index in [2.05, 4.69) is 10.3 Å². The molecule has 0 saturated carbocycles. The normalized spacial score (nSPS) is 10.5. The molecule has 1 N–H and O–H groups in total. The van der Waals surface area contributed by atoms with Crippen molar-refractivity contribution in [2.45, 2.75) is 6.92 Å². The van der Waals surface area contributed by atoms with Crippen molar-refractivity contribution in [1.29, 1.82) is 0 Å². The smallest absolute Gasteiger partial charge is 0.287 e. The summed E-state index contributed by atoms with van der Waals surface area (Å²) in [6, 6.07) is 9.95. The second-order valence-electron chi connectivity index (χ2n) is 4.48. The van der Waals surface area contributed by atoms with Crippen LogP contribution >= 0.6 is 0 Å². The van der Waals surface area contributed by atoms with Crippen LogP contribution in [-0.4, -0.2) is 22.4 Å². The maximum absolute atomic E-state index is 11.8. The van der Waals surface area contributed by atoms with Crippen molar-refractivity contribution in [2.24, 2.45) is 0 Å². The fourth-order valence-corrected chi connectivity index (χ4v) is 1.75. The maximum atomic E-state index is 11.8. The number of amides is 1. The van der Waals surface area contributed by atoms with Gasteiger partial charge in [-0.15, -0.1) is 0 Å². The molecule has 0 aliphatic heterocycles. The fourth-order valence-electron chi connectivity index (χ4n) is 1.75. The van der Waals surface area contributed by atoms with Gasteiger partial charge in [0.25, 0.3) is 5.69 Å². The number of pyridine rings is 1. The molecule has 0 aliphatic rings. The summed E-state index contributed by atoms with van der Waals surface area (Å²) in [4.78, 5) is 25.5. The van der Waals surface area contributed by atoms with Gasteiger partial charge in [-0.25, -0.2) is 4.98 Å². The van der Waals surface area contributed by atoms with Crippen molar-refractivity contribution in [3.05, 3.63) is 64.3 Å². The van der Waals surface area contributed by atoms with Gasteiger partial charge in [-0.3, -0.25) is 14.9 Å². The van der Waals surface area contributed by atoms with Crippen LogP contribution in [0, 0.1) is 10.1 Å². The SMILES string of the molecule is CCOc1ccc(C=CC(=O)Nc2ccc([N+](=O)[O-])cn2)cc1. The number of nitro groups is 1. The molecule has 23 heavy (non-hydrogen) atoms. The Morgan fingerprint density at radius 2 is 2.04 bits per heavy atom. The van der Waals surface area contributed by atoms with Gasteiger partial charge in [0.15, 0.2) is 0 Å². The summed E-state index contributed by atoms with van der Waals surface area (Å²) in [5, 5.41) is 13.0. The van der Waals surface area contributed by atoms with E-state index < -0.39 is 4.92 Å². The summed E-state index contributed by atoms with van der Waals surface area (Å²) < 4.78 is 5.33. The van der Waals surface area contributed by atoms with Crippen LogP contribution in [0.15, 0.2) is 48.7 Å². The Labute approximate surface area is 132 Å². The lowest BCUT2D eigenvalue weighted by molar-refractivity contribution is -0.385. The van der Waals surface area contributed by atoms with Gasteiger partial charge in [-0.05, 0) is 36.8 Å². The minimum absolute atomic E-state index is 0.132. The maximum Gasteiger partial charge on any atom is 0.287 e. The van der Waals surface area contributed by atoms with E-state index in [9.17, 15) is 14.9 Å². The summed E-state index contributed by atoms with van der Waals surface area (Å²) in [7, 11) is 0. The van der Waals surface area contributed by atoms with Crippen molar-refractivity contribution < 1.29 is 14.5 Å². The van der Waals surface area contributed by atoms with Gasteiger partial charge in [0.2, 0.25) is 5.91 Å². The van der Waals surface area contributed by atoms with Gasteiger partial charge in [0, 0.05) is 12.1 Å². The Morgan fingerprint density at radius 3 is 2.61 bits per heavy atom. The molecule has 0 bridgehead atoms. The number of carbonyl (C=O) groups excluding carboxylic acids is 1. The van der Waals surface area contributed by atoms with Crippen LogP contribution in [-0.2, 0) is 4.79 Å². The highest BCUT2D eigenvalue weighted by atomic mass is 16.6. The molecular weight excluding hydrogens is 298 g/mol. The molecule has 2 aromatic rings. The second-order valence-corrected chi connectivity index (χ2v) is 4.48. The molecule has 0 fully saturated rings. The number of anilines is 1. The van der Waals surface area contributed by atoms with Crippen LogP contribution in [0.4, 0.5) is 11.5 Å². The van der Waals surface area contributed by atoms with Crippen LogP contribution in [0.2, 0.25) is 0 Å². The second kappa shape index (κ2) is 7.69. The minimum atomic E-state index is -0.551. The molecule has 1 heterocycles. The first-order valence-corrected chi connectivity index (χ1v) is 6.91. The summed E-state index contributed by atoms with van der Waals surface area (Å²) in [6.07, 6.45) is 4.10. The molecule has 0 spiro atoms. The highest BCUT2D eigenvalue weighted by Crippen LogP contribution is 2.14. The van der Waals surface area contributed by atoms with E-state index in [1.165, 1.54) is 18.2 Å². The van der Waals surface area contributed by atoms with Crippen LogP contribution in [0.3, 0.4) is 0 Å². The van der Waals surface area contributed by atoms with Crippen molar-refractivity contribution in [3.63, 3.8) is 0 Å². The summed E-state index contributed by atoms with van der Waals surface area (Å²) in [6.45, 7) is 2.50. The first-order chi connectivity index (χ1) is 11.1. The van der Waals surface area contributed by atoms with E-state index in [0.29, 0.717) is 6.61 Å². The van der Waals surface area contributed by atoms with Crippen molar-refractivity contribution in [3.8, 4) is 5.75 Å².